The number of fused-ring (bicyclic) bond motifs is 1. The molecule has 120 valence electrons. The third-order valence-electron chi connectivity index (χ3n) is 3.55. The van der Waals surface area contributed by atoms with Gasteiger partial charge < -0.3 is 15.4 Å². The highest BCUT2D eigenvalue weighted by atomic mass is 32.2. The molecule has 0 aliphatic carbocycles. The fourth-order valence-electron chi connectivity index (χ4n) is 2.34. The van der Waals surface area contributed by atoms with E-state index in [1.54, 1.807) is 11.8 Å². The normalized spacial score (nSPS) is 11.2. The number of unbranched alkanes of at least 4 members (excludes halogenated alkanes) is 1. The Kier molecular flexibility index (Phi) is 4.78. The third kappa shape index (κ3) is 3.30. The molecule has 23 heavy (non-hydrogen) atoms. The molecule has 3 aromatic rings. The molecule has 7 heteroatoms. The van der Waals surface area contributed by atoms with Crippen LogP contribution >= 0.6 is 11.8 Å². The average molecular weight is 329 g/mol. The van der Waals surface area contributed by atoms with Crippen LogP contribution in [0.1, 0.15) is 25.3 Å². The van der Waals surface area contributed by atoms with E-state index >= 15 is 0 Å². The van der Waals surface area contributed by atoms with Gasteiger partial charge in [-0.1, -0.05) is 37.2 Å². The number of aliphatic hydroxyl groups excluding tert-OH is 1. The standard InChI is InChI=1S/C16H19N5OS/c1-2-3-7-21-15-13(14(17)18-10-19-15)20-16(21)23-12-6-4-5-11(8-12)9-22/h4-6,8,10,22H,2-3,7,9H2,1H3,(H2,17,18,19). The summed E-state index contributed by atoms with van der Waals surface area (Å²) >= 11 is 1.55. The smallest absolute Gasteiger partial charge is 0.175 e. The first-order valence-corrected chi connectivity index (χ1v) is 8.39. The summed E-state index contributed by atoms with van der Waals surface area (Å²) in [7, 11) is 0. The first kappa shape index (κ1) is 15.8. The SMILES string of the molecule is CCCCn1c(Sc2cccc(CO)c2)nc2c(N)ncnc21. The number of nitrogen functional groups attached to an aromatic ring is 1. The molecule has 3 N–H and O–H groups in total. The topological polar surface area (TPSA) is 89.8 Å². The van der Waals surface area contributed by atoms with Gasteiger partial charge in [0.2, 0.25) is 0 Å². The summed E-state index contributed by atoms with van der Waals surface area (Å²) in [5.41, 5.74) is 8.23. The van der Waals surface area contributed by atoms with Crippen molar-refractivity contribution in [2.75, 3.05) is 5.73 Å². The Morgan fingerprint density at radius 1 is 1.30 bits per heavy atom. The summed E-state index contributed by atoms with van der Waals surface area (Å²) in [5.74, 6) is 0.399. The Morgan fingerprint density at radius 3 is 2.96 bits per heavy atom. The minimum absolute atomic E-state index is 0.0269. The van der Waals surface area contributed by atoms with Crippen molar-refractivity contribution in [3.63, 3.8) is 0 Å². The van der Waals surface area contributed by atoms with Gasteiger partial charge in [-0.05, 0) is 24.1 Å². The molecule has 6 nitrogen and oxygen atoms in total. The molecule has 0 atom stereocenters. The van der Waals surface area contributed by atoms with Crippen molar-refractivity contribution in [1.82, 2.24) is 19.5 Å². The van der Waals surface area contributed by atoms with Gasteiger partial charge in [0, 0.05) is 11.4 Å². The average Bonchev–Trinajstić information content (AvgIpc) is 2.92. The van der Waals surface area contributed by atoms with Crippen LogP contribution in [0.3, 0.4) is 0 Å². The number of aliphatic hydroxyl groups is 1. The fraction of sp³-hybridized carbons (Fsp3) is 0.312. The highest BCUT2D eigenvalue weighted by molar-refractivity contribution is 7.99. The van der Waals surface area contributed by atoms with Gasteiger partial charge in [-0.2, -0.15) is 0 Å². The number of aryl methyl sites for hydroxylation is 1. The van der Waals surface area contributed by atoms with Gasteiger partial charge in [-0.15, -0.1) is 0 Å². The maximum atomic E-state index is 9.28. The quantitative estimate of drug-likeness (QED) is 0.723. The van der Waals surface area contributed by atoms with Gasteiger partial charge in [-0.3, -0.25) is 0 Å². The Balaban J connectivity index is 2.02. The molecule has 0 fully saturated rings. The molecule has 1 aromatic carbocycles. The molecule has 0 saturated carbocycles. The maximum absolute atomic E-state index is 9.28. The third-order valence-corrected chi connectivity index (χ3v) is 4.53. The first-order valence-electron chi connectivity index (χ1n) is 7.57. The molecule has 2 aromatic heterocycles. The second kappa shape index (κ2) is 6.97. The number of benzene rings is 1. The summed E-state index contributed by atoms with van der Waals surface area (Å²) in [5, 5.41) is 10.1. The molecule has 3 rings (SSSR count). The van der Waals surface area contributed by atoms with Crippen molar-refractivity contribution in [1.29, 1.82) is 0 Å². The number of hydrogen-bond acceptors (Lipinski definition) is 6. The van der Waals surface area contributed by atoms with Gasteiger partial charge in [0.15, 0.2) is 22.1 Å². The molecule has 0 aliphatic rings. The van der Waals surface area contributed by atoms with E-state index in [0.29, 0.717) is 11.3 Å². The van der Waals surface area contributed by atoms with Crippen LogP contribution in [0.15, 0.2) is 40.6 Å². The Morgan fingerprint density at radius 2 is 2.17 bits per heavy atom. The van der Waals surface area contributed by atoms with Crippen molar-refractivity contribution in [2.24, 2.45) is 0 Å². The maximum Gasteiger partial charge on any atom is 0.175 e. The van der Waals surface area contributed by atoms with E-state index in [4.69, 9.17) is 5.73 Å². The number of nitrogens with two attached hydrogens (primary N) is 1. The van der Waals surface area contributed by atoms with E-state index in [0.717, 1.165) is 40.6 Å². The van der Waals surface area contributed by atoms with E-state index in [-0.39, 0.29) is 6.61 Å². The van der Waals surface area contributed by atoms with E-state index in [1.807, 2.05) is 24.3 Å². The molecule has 0 radical (unpaired) electrons. The summed E-state index contributed by atoms with van der Waals surface area (Å²) in [6, 6.07) is 7.79. The van der Waals surface area contributed by atoms with Crippen LogP contribution < -0.4 is 5.73 Å². The van der Waals surface area contributed by atoms with Crippen LogP contribution in [0.4, 0.5) is 5.82 Å². The molecular formula is C16H19N5OS. The van der Waals surface area contributed by atoms with Crippen LogP contribution in [-0.2, 0) is 13.2 Å². The Labute approximate surface area is 138 Å². The summed E-state index contributed by atoms with van der Waals surface area (Å²) < 4.78 is 2.09. The van der Waals surface area contributed by atoms with Crippen LogP contribution in [0, 0.1) is 0 Å². The predicted molar refractivity (Wildman–Crippen MR) is 91.1 cm³/mol. The van der Waals surface area contributed by atoms with Crippen LogP contribution in [0.5, 0.6) is 0 Å². The van der Waals surface area contributed by atoms with Crippen molar-refractivity contribution in [3.8, 4) is 0 Å². The lowest BCUT2D eigenvalue weighted by Crippen LogP contribution is -2.01. The molecule has 0 aliphatic heterocycles. The Hall–Kier alpha value is -2.12. The van der Waals surface area contributed by atoms with Crippen molar-refractivity contribution >= 4 is 28.7 Å². The van der Waals surface area contributed by atoms with Gasteiger partial charge in [-0.25, -0.2) is 15.0 Å². The minimum Gasteiger partial charge on any atom is -0.392 e. The molecule has 2 heterocycles. The number of imidazole rings is 1. The van der Waals surface area contributed by atoms with Crippen LogP contribution in [0.2, 0.25) is 0 Å². The number of rotatable bonds is 6. The van der Waals surface area contributed by atoms with E-state index < -0.39 is 0 Å². The van der Waals surface area contributed by atoms with Gasteiger partial charge in [0.25, 0.3) is 0 Å². The van der Waals surface area contributed by atoms with Gasteiger partial charge in [0.05, 0.1) is 6.61 Å². The molecular weight excluding hydrogens is 310 g/mol. The van der Waals surface area contributed by atoms with Crippen molar-refractivity contribution < 1.29 is 5.11 Å². The second-order valence-corrected chi connectivity index (χ2v) is 6.28. The molecule has 0 unspecified atom stereocenters. The predicted octanol–water partition coefficient (Wildman–Crippen LogP) is 2.85. The first-order chi connectivity index (χ1) is 11.2. The number of aromatic nitrogens is 4. The Bertz CT molecular complexity index is 817. The molecule has 0 bridgehead atoms. The number of anilines is 1. The van der Waals surface area contributed by atoms with Gasteiger partial charge >= 0.3 is 0 Å². The monoisotopic (exact) mass is 329 g/mol. The lowest BCUT2D eigenvalue weighted by Gasteiger charge is -2.08. The van der Waals surface area contributed by atoms with E-state index in [9.17, 15) is 5.11 Å². The van der Waals surface area contributed by atoms with Crippen LogP contribution in [-0.4, -0.2) is 24.6 Å². The summed E-state index contributed by atoms with van der Waals surface area (Å²) in [6.45, 7) is 3.02. The zero-order valence-electron chi connectivity index (χ0n) is 12.9. The second-order valence-electron chi connectivity index (χ2n) is 5.24. The van der Waals surface area contributed by atoms with E-state index in [1.165, 1.54) is 6.33 Å². The highest BCUT2D eigenvalue weighted by Gasteiger charge is 2.15. The largest absolute Gasteiger partial charge is 0.392 e. The minimum atomic E-state index is 0.0269. The summed E-state index contributed by atoms with van der Waals surface area (Å²) in [4.78, 5) is 14.0. The molecule has 0 saturated heterocycles. The lowest BCUT2D eigenvalue weighted by atomic mass is 10.2. The van der Waals surface area contributed by atoms with Crippen LogP contribution in [0.25, 0.3) is 11.2 Å². The van der Waals surface area contributed by atoms with E-state index in [2.05, 4.69) is 26.4 Å². The zero-order chi connectivity index (χ0) is 16.2. The number of hydrogen-bond donors (Lipinski definition) is 2. The van der Waals surface area contributed by atoms with Gasteiger partial charge in [0.1, 0.15) is 6.33 Å². The van der Waals surface area contributed by atoms with Crippen molar-refractivity contribution in [2.45, 2.75) is 43.0 Å². The van der Waals surface area contributed by atoms with Crippen molar-refractivity contribution in [3.05, 3.63) is 36.2 Å². The highest BCUT2D eigenvalue weighted by Crippen LogP contribution is 2.31. The number of nitrogens with zero attached hydrogens (tertiary/aromatic N) is 4. The fourth-order valence-corrected chi connectivity index (χ4v) is 3.34. The zero-order valence-corrected chi connectivity index (χ0v) is 13.8. The molecule has 0 spiro atoms. The molecule has 0 amide bonds. The summed E-state index contributed by atoms with van der Waals surface area (Å²) in [6.07, 6.45) is 3.60. The lowest BCUT2D eigenvalue weighted by molar-refractivity contribution is 0.281.